The lowest BCUT2D eigenvalue weighted by molar-refractivity contribution is 0.458. The van der Waals surface area contributed by atoms with Gasteiger partial charge in [-0.05, 0) is 58.4 Å². The minimum Gasteiger partial charge on any atom is -0.311 e. The van der Waals surface area contributed by atoms with Gasteiger partial charge in [0.1, 0.15) is 0 Å². The summed E-state index contributed by atoms with van der Waals surface area (Å²) in [4.78, 5) is 0. The molecule has 2 aromatic rings. The number of likely N-dealkylation sites (N-methyl/N-ethyl adjacent to an activating group) is 1. The summed E-state index contributed by atoms with van der Waals surface area (Å²) in [7, 11) is 2.02. The third-order valence-corrected chi connectivity index (χ3v) is 4.25. The quantitative estimate of drug-likeness (QED) is 0.924. The molecule has 0 aliphatic heterocycles. The van der Waals surface area contributed by atoms with Crippen LogP contribution in [0.2, 0.25) is 0 Å². The molecule has 1 N–H and O–H groups in total. The lowest BCUT2D eigenvalue weighted by atomic mass is 9.99. The summed E-state index contributed by atoms with van der Waals surface area (Å²) >= 11 is 0. The molecule has 0 amide bonds. The molecule has 0 aliphatic carbocycles. The van der Waals surface area contributed by atoms with Gasteiger partial charge in [-0.3, -0.25) is 4.68 Å². The van der Waals surface area contributed by atoms with Crippen LogP contribution in [0.4, 0.5) is 0 Å². The van der Waals surface area contributed by atoms with Crippen molar-refractivity contribution in [3.05, 3.63) is 51.8 Å². The fourth-order valence-corrected chi connectivity index (χ4v) is 2.70. The van der Waals surface area contributed by atoms with Crippen LogP contribution >= 0.6 is 0 Å². The second kappa shape index (κ2) is 5.80. The number of hydrogen-bond acceptors (Lipinski definition) is 2. The van der Waals surface area contributed by atoms with Crippen LogP contribution < -0.4 is 5.32 Å². The first-order chi connectivity index (χ1) is 9.43. The van der Waals surface area contributed by atoms with Crippen LogP contribution in [0.25, 0.3) is 0 Å². The van der Waals surface area contributed by atoms with Gasteiger partial charge in [-0.15, -0.1) is 0 Å². The molecule has 3 heteroatoms. The van der Waals surface area contributed by atoms with E-state index in [1.807, 2.05) is 7.05 Å². The maximum Gasteiger partial charge on any atom is 0.0625 e. The molecule has 1 aromatic carbocycles. The van der Waals surface area contributed by atoms with Crippen molar-refractivity contribution >= 4 is 0 Å². The van der Waals surface area contributed by atoms with Crippen molar-refractivity contribution in [3.63, 3.8) is 0 Å². The zero-order chi connectivity index (χ0) is 14.9. The maximum atomic E-state index is 4.65. The first-order valence-corrected chi connectivity index (χ1v) is 7.19. The standard InChI is InChI=1S/C17H25N3/c1-11-7-8-16(12(2)9-11)17(18-6)10-20-15(5)13(3)14(4)19-20/h7-9,17-18H,10H2,1-6H3. The first-order valence-electron chi connectivity index (χ1n) is 7.19. The van der Waals surface area contributed by atoms with Gasteiger partial charge in [0, 0.05) is 5.69 Å². The molecule has 1 atom stereocenters. The number of aromatic nitrogens is 2. The molecule has 0 radical (unpaired) electrons. The fraction of sp³-hybridized carbons (Fsp3) is 0.471. The van der Waals surface area contributed by atoms with Crippen molar-refractivity contribution in [2.24, 2.45) is 0 Å². The van der Waals surface area contributed by atoms with Crippen LogP contribution in [0.3, 0.4) is 0 Å². The molecule has 3 nitrogen and oxygen atoms in total. The minimum absolute atomic E-state index is 0.285. The van der Waals surface area contributed by atoms with E-state index in [9.17, 15) is 0 Å². The van der Waals surface area contributed by atoms with E-state index in [4.69, 9.17) is 0 Å². The average molecular weight is 271 g/mol. The second-order valence-electron chi connectivity index (χ2n) is 5.68. The van der Waals surface area contributed by atoms with Crippen molar-refractivity contribution in [1.29, 1.82) is 0 Å². The third-order valence-electron chi connectivity index (χ3n) is 4.25. The molecule has 1 heterocycles. The molecule has 0 saturated carbocycles. The van der Waals surface area contributed by atoms with Crippen LogP contribution in [-0.4, -0.2) is 16.8 Å². The second-order valence-corrected chi connectivity index (χ2v) is 5.68. The van der Waals surface area contributed by atoms with Gasteiger partial charge < -0.3 is 5.32 Å². The third kappa shape index (κ3) is 2.78. The number of rotatable bonds is 4. The average Bonchev–Trinajstić information content (AvgIpc) is 2.64. The van der Waals surface area contributed by atoms with Gasteiger partial charge in [-0.2, -0.15) is 5.10 Å². The molecule has 1 aromatic heterocycles. The van der Waals surface area contributed by atoms with Gasteiger partial charge in [0.15, 0.2) is 0 Å². The smallest absolute Gasteiger partial charge is 0.0625 e. The summed E-state index contributed by atoms with van der Waals surface area (Å²) in [6.07, 6.45) is 0. The highest BCUT2D eigenvalue weighted by molar-refractivity contribution is 5.33. The highest BCUT2D eigenvalue weighted by Crippen LogP contribution is 2.22. The molecule has 0 spiro atoms. The summed E-state index contributed by atoms with van der Waals surface area (Å²) in [6, 6.07) is 6.93. The monoisotopic (exact) mass is 271 g/mol. The molecular weight excluding hydrogens is 246 g/mol. The summed E-state index contributed by atoms with van der Waals surface area (Å²) in [5.41, 5.74) is 7.67. The molecular formula is C17H25N3. The SMILES string of the molecule is CNC(Cn1nc(C)c(C)c1C)c1ccc(C)cc1C. The molecule has 2 rings (SSSR count). The Hall–Kier alpha value is -1.61. The van der Waals surface area contributed by atoms with Gasteiger partial charge in [0.2, 0.25) is 0 Å². The van der Waals surface area contributed by atoms with Gasteiger partial charge >= 0.3 is 0 Å². The van der Waals surface area contributed by atoms with E-state index in [2.05, 4.69) is 67.9 Å². The molecule has 0 saturated heterocycles. The minimum atomic E-state index is 0.285. The van der Waals surface area contributed by atoms with E-state index in [1.165, 1.54) is 27.9 Å². The zero-order valence-corrected chi connectivity index (χ0v) is 13.4. The summed E-state index contributed by atoms with van der Waals surface area (Å²) in [5, 5.41) is 8.07. The Labute approximate surface area is 122 Å². The lowest BCUT2D eigenvalue weighted by Gasteiger charge is -2.20. The Kier molecular flexibility index (Phi) is 4.29. The topological polar surface area (TPSA) is 29.9 Å². The van der Waals surface area contributed by atoms with Crippen molar-refractivity contribution < 1.29 is 0 Å². The van der Waals surface area contributed by atoms with Gasteiger partial charge in [-0.25, -0.2) is 0 Å². The lowest BCUT2D eigenvalue weighted by Crippen LogP contribution is -2.24. The molecule has 0 bridgehead atoms. The van der Waals surface area contributed by atoms with Crippen molar-refractivity contribution in [2.75, 3.05) is 7.05 Å². The summed E-state index contributed by atoms with van der Waals surface area (Å²) in [5.74, 6) is 0. The van der Waals surface area contributed by atoms with Gasteiger partial charge in [-0.1, -0.05) is 23.8 Å². The van der Waals surface area contributed by atoms with E-state index in [1.54, 1.807) is 0 Å². The van der Waals surface area contributed by atoms with E-state index < -0.39 is 0 Å². The molecule has 1 unspecified atom stereocenters. The van der Waals surface area contributed by atoms with Crippen LogP contribution in [-0.2, 0) is 6.54 Å². The molecule has 0 aliphatic rings. The zero-order valence-electron chi connectivity index (χ0n) is 13.4. The Bertz CT molecular complexity index is 611. The van der Waals surface area contributed by atoms with Crippen LogP contribution in [0.5, 0.6) is 0 Å². The van der Waals surface area contributed by atoms with Crippen LogP contribution in [0.15, 0.2) is 18.2 Å². The van der Waals surface area contributed by atoms with Crippen molar-refractivity contribution in [3.8, 4) is 0 Å². The number of hydrogen-bond donors (Lipinski definition) is 1. The maximum absolute atomic E-state index is 4.65. The highest BCUT2D eigenvalue weighted by atomic mass is 15.3. The van der Waals surface area contributed by atoms with Crippen molar-refractivity contribution in [1.82, 2.24) is 15.1 Å². The Morgan fingerprint density at radius 1 is 1.15 bits per heavy atom. The number of aryl methyl sites for hydroxylation is 3. The van der Waals surface area contributed by atoms with Gasteiger partial charge in [0.25, 0.3) is 0 Å². The Morgan fingerprint density at radius 3 is 2.35 bits per heavy atom. The highest BCUT2D eigenvalue weighted by Gasteiger charge is 2.15. The molecule has 0 fully saturated rings. The number of nitrogens with zero attached hydrogens (tertiary/aromatic N) is 2. The Balaban J connectivity index is 2.31. The largest absolute Gasteiger partial charge is 0.311 e. The number of benzene rings is 1. The van der Waals surface area contributed by atoms with Crippen LogP contribution in [0.1, 0.15) is 39.7 Å². The first kappa shape index (κ1) is 14.8. The fourth-order valence-electron chi connectivity index (χ4n) is 2.70. The molecule has 108 valence electrons. The van der Waals surface area contributed by atoms with E-state index in [-0.39, 0.29) is 6.04 Å². The van der Waals surface area contributed by atoms with E-state index in [0.29, 0.717) is 0 Å². The van der Waals surface area contributed by atoms with Crippen molar-refractivity contribution in [2.45, 2.75) is 47.2 Å². The normalized spacial score (nSPS) is 12.7. The summed E-state index contributed by atoms with van der Waals surface area (Å²) < 4.78 is 2.12. The Morgan fingerprint density at radius 2 is 1.85 bits per heavy atom. The van der Waals surface area contributed by atoms with E-state index in [0.717, 1.165) is 12.2 Å². The predicted molar refractivity (Wildman–Crippen MR) is 84.2 cm³/mol. The van der Waals surface area contributed by atoms with E-state index >= 15 is 0 Å². The summed E-state index contributed by atoms with van der Waals surface area (Å²) in [6.45, 7) is 11.5. The number of nitrogens with one attached hydrogen (secondary N) is 1. The predicted octanol–water partition coefficient (Wildman–Crippen LogP) is 3.39. The molecule has 20 heavy (non-hydrogen) atoms. The van der Waals surface area contributed by atoms with Gasteiger partial charge in [0.05, 0.1) is 18.3 Å². The van der Waals surface area contributed by atoms with Crippen LogP contribution in [0, 0.1) is 34.6 Å².